The van der Waals surface area contributed by atoms with E-state index in [1.54, 1.807) is 30.0 Å². The van der Waals surface area contributed by atoms with Crippen LogP contribution in [-0.4, -0.2) is 40.8 Å². The molecule has 2 N–H and O–H groups in total. The Bertz CT molecular complexity index is 955. The molecule has 0 atom stereocenters. The molecule has 0 aliphatic carbocycles. The molecule has 0 aliphatic heterocycles. The van der Waals surface area contributed by atoms with Gasteiger partial charge >= 0.3 is 0 Å². The third-order valence-electron chi connectivity index (χ3n) is 4.11. The Kier molecular flexibility index (Phi) is 8.75. The van der Waals surface area contributed by atoms with E-state index >= 15 is 0 Å². The molecule has 0 radical (unpaired) electrons. The van der Waals surface area contributed by atoms with E-state index in [0.717, 1.165) is 11.5 Å². The van der Waals surface area contributed by atoms with E-state index in [-0.39, 0.29) is 16.6 Å². The number of hydrogen-bond acceptors (Lipinski definition) is 5. The van der Waals surface area contributed by atoms with Crippen molar-refractivity contribution in [3.05, 3.63) is 65.2 Å². The first-order chi connectivity index (χ1) is 13.9. The van der Waals surface area contributed by atoms with Crippen molar-refractivity contribution in [3.8, 4) is 5.75 Å². The summed E-state index contributed by atoms with van der Waals surface area (Å²) in [5, 5.41) is 2.83. The van der Waals surface area contributed by atoms with Gasteiger partial charge in [0.1, 0.15) is 10.6 Å². The minimum absolute atomic E-state index is 0.0255. The van der Waals surface area contributed by atoms with E-state index in [1.165, 1.54) is 37.4 Å². The topological polar surface area (TPSA) is 84.5 Å². The van der Waals surface area contributed by atoms with Gasteiger partial charge in [0.05, 0.1) is 7.11 Å². The normalized spacial score (nSPS) is 11.6. The molecular formula is C21H26N2O4S2. The summed E-state index contributed by atoms with van der Waals surface area (Å²) in [4.78, 5) is 12.0. The first kappa shape index (κ1) is 23.0. The molecule has 156 valence electrons. The van der Waals surface area contributed by atoms with Gasteiger partial charge in [-0.3, -0.25) is 4.79 Å². The minimum atomic E-state index is -3.66. The van der Waals surface area contributed by atoms with E-state index < -0.39 is 10.0 Å². The van der Waals surface area contributed by atoms with Crippen LogP contribution in [0.2, 0.25) is 0 Å². The van der Waals surface area contributed by atoms with Gasteiger partial charge in [0.25, 0.3) is 0 Å². The van der Waals surface area contributed by atoms with E-state index in [9.17, 15) is 13.2 Å². The Hall–Kier alpha value is -2.29. The lowest BCUT2D eigenvalue weighted by atomic mass is 10.2. The standard InChI is InChI=1S/C21H26N2O4S2/c1-16-4-6-18(7-5-16)15-28-13-12-23-21(24)11-9-17-8-10-19(27-3)20(14-17)29(25,26)22-2/h4-11,14,22H,12-13,15H2,1-3H3,(H,23,24)/b11-9+. The number of benzene rings is 2. The Labute approximate surface area is 176 Å². The summed E-state index contributed by atoms with van der Waals surface area (Å²) in [6.45, 7) is 2.62. The van der Waals surface area contributed by atoms with Gasteiger partial charge in [-0.2, -0.15) is 11.8 Å². The van der Waals surface area contributed by atoms with Crippen molar-refractivity contribution in [1.82, 2.24) is 10.0 Å². The Morgan fingerprint density at radius 2 is 1.90 bits per heavy atom. The predicted molar refractivity (Wildman–Crippen MR) is 119 cm³/mol. The van der Waals surface area contributed by atoms with Crippen molar-refractivity contribution in [2.45, 2.75) is 17.6 Å². The molecule has 0 spiro atoms. The fourth-order valence-electron chi connectivity index (χ4n) is 2.47. The zero-order valence-electron chi connectivity index (χ0n) is 16.8. The molecule has 8 heteroatoms. The van der Waals surface area contributed by atoms with E-state index in [1.807, 2.05) is 0 Å². The number of thioether (sulfide) groups is 1. The summed E-state index contributed by atoms with van der Waals surface area (Å²) in [7, 11) is -0.919. The van der Waals surface area contributed by atoms with Gasteiger partial charge in [0.15, 0.2) is 0 Å². The van der Waals surface area contributed by atoms with Gasteiger partial charge in [-0.1, -0.05) is 35.9 Å². The Balaban J connectivity index is 1.84. The van der Waals surface area contributed by atoms with Crippen LogP contribution < -0.4 is 14.8 Å². The summed E-state index contributed by atoms with van der Waals surface area (Å²) < 4.78 is 31.6. The summed E-state index contributed by atoms with van der Waals surface area (Å²) in [6, 6.07) is 13.1. The fraction of sp³-hybridized carbons (Fsp3) is 0.286. The van der Waals surface area contributed by atoms with E-state index in [4.69, 9.17) is 4.74 Å². The number of methoxy groups -OCH3 is 1. The van der Waals surface area contributed by atoms with Crippen LogP contribution in [0.25, 0.3) is 6.08 Å². The molecule has 0 saturated carbocycles. The van der Waals surface area contributed by atoms with Crippen molar-refractivity contribution in [1.29, 1.82) is 0 Å². The second kappa shape index (κ2) is 11.0. The molecule has 6 nitrogen and oxygen atoms in total. The smallest absolute Gasteiger partial charge is 0.244 e. The molecule has 0 aromatic heterocycles. The van der Waals surface area contributed by atoms with Crippen molar-refractivity contribution in [2.24, 2.45) is 0 Å². The van der Waals surface area contributed by atoms with Crippen LogP contribution in [0.1, 0.15) is 16.7 Å². The van der Waals surface area contributed by atoms with Crippen molar-refractivity contribution < 1.29 is 17.9 Å². The second-order valence-corrected chi connectivity index (χ2v) is 9.24. The predicted octanol–water partition coefficient (Wildman–Crippen LogP) is 2.97. The maximum Gasteiger partial charge on any atom is 0.244 e. The van der Waals surface area contributed by atoms with Gasteiger partial charge in [0, 0.05) is 24.1 Å². The molecule has 2 aromatic rings. The van der Waals surface area contributed by atoms with E-state index in [2.05, 4.69) is 41.2 Å². The number of carbonyl (C=O) groups excluding carboxylic acids is 1. The molecule has 0 unspecified atom stereocenters. The summed E-state index contributed by atoms with van der Waals surface area (Å²) in [6.07, 6.45) is 2.96. The van der Waals surface area contributed by atoms with Crippen LogP contribution in [0, 0.1) is 6.92 Å². The maximum atomic E-state index is 12.1. The zero-order valence-corrected chi connectivity index (χ0v) is 18.4. The minimum Gasteiger partial charge on any atom is -0.495 e. The third kappa shape index (κ3) is 7.23. The van der Waals surface area contributed by atoms with Crippen LogP contribution in [-0.2, 0) is 20.6 Å². The highest BCUT2D eigenvalue weighted by Gasteiger charge is 2.17. The highest BCUT2D eigenvalue weighted by molar-refractivity contribution is 7.98. The molecule has 0 saturated heterocycles. The molecule has 29 heavy (non-hydrogen) atoms. The Morgan fingerprint density at radius 3 is 2.55 bits per heavy atom. The van der Waals surface area contributed by atoms with Gasteiger partial charge < -0.3 is 10.1 Å². The lowest BCUT2D eigenvalue weighted by Gasteiger charge is -2.09. The molecule has 2 rings (SSSR count). The lowest BCUT2D eigenvalue weighted by Crippen LogP contribution is -2.23. The molecule has 0 aliphatic rings. The monoisotopic (exact) mass is 434 g/mol. The van der Waals surface area contributed by atoms with E-state index in [0.29, 0.717) is 12.1 Å². The first-order valence-corrected chi connectivity index (χ1v) is 11.7. The van der Waals surface area contributed by atoms with Gasteiger partial charge in [0.2, 0.25) is 15.9 Å². The number of amides is 1. The average molecular weight is 435 g/mol. The molecule has 0 bridgehead atoms. The zero-order chi connectivity index (χ0) is 21.3. The summed E-state index contributed by atoms with van der Waals surface area (Å²) in [5.41, 5.74) is 3.09. The molecular weight excluding hydrogens is 408 g/mol. The molecule has 2 aromatic carbocycles. The number of carbonyl (C=O) groups is 1. The highest BCUT2D eigenvalue weighted by atomic mass is 32.2. The Morgan fingerprint density at radius 1 is 1.17 bits per heavy atom. The molecule has 1 amide bonds. The van der Waals surface area contributed by atoms with Crippen LogP contribution in [0.5, 0.6) is 5.75 Å². The van der Waals surface area contributed by atoms with Crippen LogP contribution in [0.4, 0.5) is 0 Å². The molecule has 0 heterocycles. The quantitative estimate of drug-likeness (QED) is 0.444. The number of ether oxygens (including phenoxy) is 1. The maximum absolute atomic E-state index is 12.1. The number of aryl methyl sites for hydroxylation is 1. The van der Waals surface area contributed by atoms with Crippen molar-refractivity contribution in [3.63, 3.8) is 0 Å². The summed E-state index contributed by atoms with van der Waals surface area (Å²) >= 11 is 1.75. The second-order valence-electron chi connectivity index (χ2n) is 6.28. The largest absolute Gasteiger partial charge is 0.495 e. The number of rotatable bonds is 10. The van der Waals surface area contributed by atoms with Crippen molar-refractivity contribution >= 4 is 33.8 Å². The van der Waals surface area contributed by atoms with Gasteiger partial charge in [-0.25, -0.2) is 13.1 Å². The average Bonchev–Trinajstić information content (AvgIpc) is 2.73. The molecule has 0 fully saturated rings. The first-order valence-electron chi connectivity index (χ1n) is 9.06. The van der Waals surface area contributed by atoms with Gasteiger partial charge in [-0.05, 0) is 43.3 Å². The van der Waals surface area contributed by atoms with Crippen molar-refractivity contribution in [2.75, 3.05) is 26.5 Å². The van der Waals surface area contributed by atoms with Gasteiger partial charge in [-0.15, -0.1) is 0 Å². The highest BCUT2D eigenvalue weighted by Crippen LogP contribution is 2.25. The SMILES string of the molecule is CNS(=O)(=O)c1cc(/C=C/C(=O)NCCSCc2ccc(C)cc2)ccc1OC. The number of nitrogens with one attached hydrogen (secondary N) is 2. The van der Waals surface area contributed by atoms with Crippen LogP contribution in [0.15, 0.2) is 53.4 Å². The number of sulfonamides is 1. The lowest BCUT2D eigenvalue weighted by molar-refractivity contribution is -0.116. The fourth-order valence-corrected chi connectivity index (χ4v) is 4.21. The summed E-state index contributed by atoms with van der Waals surface area (Å²) in [5.74, 6) is 1.72. The number of hydrogen-bond donors (Lipinski definition) is 2. The van der Waals surface area contributed by atoms with Crippen LogP contribution >= 0.6 is 11.8 Å². The third-order valence-corrected chi connectivity index (χ3v) is 6.57. The van der Waals surface area contributed by atoms with Crippen LogP contribution in [0.3, 0.4) is 0 Å².